The molecule has 1 aromatic rings. The number of aliphatic hydroxyl groups is 1. The second-order valence-electron chi connectivity index (χ2n) is 6.13. The first-order chi connectivity index (χ1) is 15.7. The normalized spacial score (nSPS) is 10.2. The van der Waals surface area contributed by atoms with Crippen molar-refractivity contribution in [2.45, 2.75) is 38.6 Å². The molecule has 0 aromatic heterocycles. The van der Waals surface area contributed by atoms with Crippen LogP contribution in [0.15, 0.2) is 24.3 Å². The van der Waals surface area contributed by atoms with Crippen LogP contribution in [-0.4, -0.2) is 88.3 Å². The number of unbranched alkanes of at least 4 members (excludes halogenated alkanes) is 1. The molecule has 0 aliphatic rings. The Morgan fingerprint density at radius 3 is 2.15 bits per heavy atom. The van der Waals surface area contributed by atoms with Crippen molar-refractivity contribution in [1.82, 2.24) is 16.0 Å². The predicted octanol–water partition coefficient (Wildman–Crippen LogP) is -0.579. The number of aliphatic carboxylic acids is 2. The molecule has 184 valence electrons. The fourth-order valence-corrected chi connectivity index (χ4v) is 6.15. The van der Waals surface area contributed by atoms with Gasteiger partial charge in [0.1, 0.15) is 12.3 Å². The van der Waals surface area contributed by atoms with Crippen molar-refractivity contribution in [2.24, 2.45) is 0 Å². The minimum absolute atomic E-state index is 0.0569. The van der Waals surface area contributed by atoms with Gasteiger partial charge >= 0.3 is 131 Å². The van der Waals surface area contributed by atoms with Crippen LogP contribution in [0.1, 0.15) is 43.0 Å². The van der Waals surface area contributed by atoms with E-state index in [9.17, 15) is 24.0 Å². The molecule has 3 amide bonds. The van der Waals surface area contributed by atoms with Crippen LogP contribution in [0, 0.1) is 20.5 Å². The Balaban J connectivity index is 0. The van der Waals surface area contributed by atoms with Crippen LogP contribution in [-0.2, 0) is 14.4 Å². The van der Waals surface area contributed by atoms with Gasteiger partial charge in [-0.05, 0) is 6.42 Å². The van der Waals surface area contributed by atoms with Gasteiger partial charge in [-0.1, -0.05) is 0 Å². The van der Waals surface area contributed by atoms with Crippen molar-refractivity contribution < 1.29 is 59.8 Å². The number of aliphatic hydroxyl groups excluding tert-OH is 1. The number of benzene rings is 1. The van der Waals surface area contributed by atoms with Gasteiger partial charge < -0.3 is 30.7 Å². The molecule has 33 heavy (non-hydrogen) atoms. The van der Waals surface area contributed by atoms with E-state index in [4.69, 9.17) is 15.3 Å². The summed E-state index contributed by atoms with van der Waals surface area (Å²) in [6.45, 7) is 2.66. The van der Waals surface area contributed by atoms with Crippen LogP contribution in [0.4, 0.5) is 4.79 Å². The van der Waals surface area contributed by atoms with E-state index in [2.05, 4.69) is 29.7 Å². The maximum Gasteiger partial charge on any atom is 0.326 e. The molecule has 0 aliphatic heterocycles. The zero-order valence-electron chi connectivity index (χ0n) is 18.5. The fraction of sp³-hybridized carbons (Fsp3) is 0.450. The summed E-state index contributed by atoms with van der Waals surface area (Å²) in [7, 11) is 1.00. The average Bonchev–Trinajstić information content (AvgIpc) is 2.82. The number of hydrogen-bond acceptors (Lipinski definition) is 6. The van der Waals surface area contributed by atoms with E-state index in [0.717, 1.165) is 32.1 Å². The summed E-state index contributed by atoms with van der Waals surface area (Å²) in [5.41, 5.74) is 0.786. The third-order valence-corrected chi connectivity index (χ3v) is 10.9. The summed E-state index contributed by atoms with van der Waals surface area (Å²) in [6, 6.07) is 5.96. The van der Waals surface area contributed by atoms with Crippen molar-refractivity contribution in [3.05, 3.63) is 29.8 Å². The molecule has 0 fully saturated rings. The van der Waals surface area contributed by atoms with Gasteiger partial charge in [0.05, 0.1) is 6.54 Å². The van der Waals surface area contributed by atoms with Gasteiger partial charge in [0.15, 0.2) is 0 Å². The number of urea groups is 1. The third kappa shape index (κ3) is 18.3. The summed E-state index contributed by atoms with van der Waals surface area (Å²) in [6.07, 6.45) is 2.01. The number of hydrogen-bond donors (Lipinski definition) is 6. The minimum atomic E-state index is -1.33. The molecule has 0 saturated heterocycles. The largest absolute Gasteiger partial charge is 0.481 e. The van der Waals surface area contributed by atoms with Crippen molar-refractivity contribution in [3.63, 3.8) is 0 Å². The van der Waals surface area contributed by atoms with Crippen molar-refractivity contribution in [1.29, 1.82) is 0 Å². The van der Waals surface area contributed by atoms with Gasteiger partial charge in [-0.2, -0.15) is 0 Å². The van der Waals surface area contributed by atoms with Crippen molar-refractivity contribution in [3.8, 4) is 0 Å². The van der Waals surface area contributed by atoms with Crippen molar-refractivity contribution >= 4 is 50.3 Å². The zero-order chi connectivity index (χ0) is 25.6. The number of carbonyl (C=O) groups excluding carboxylic acids is 3. The van der Waals surface area contributed by atoms with Crippen LogP contribution in [0.3, 0.4) is 0 Å². The molecule has 13 heteroatoms. The summed E-state index contributed by atoms with van der Waals surface area (Å²) in [4.78, 5) is 53.3. The van der Waals surface area contributed by atoms with Gasteiger partial charge in [0.2, 0.25) is 0 Å². The number of carbonyl (C=O) groups is 5. The molecule has 0 saturated carbocycles. The number of carboxylic acid groups (broad SMARTS) is 2. The molecule has 1 aromatic carbocycles. The second kappa shape index (κ2) is 22.0. The van der Waals surface area contributed by atoms with Gasteiger partial charge in [0.25, 0.3) is 0 Å². The molecule has 0 bridgehead atoms. The Hall–Kier alpha value is -1.79. The number of carboxylic acids is 2. The second-order valence-corrected chi connectivity index (χ2v) is 13.2. The van der Waals surface area contributed by atoms with Gasteiger partial charge in [-0.15, -0.1) is 0 Å². The molecule has 1 rings (SSSR count). The predicted molar refractivity (Wildman–Crippen MR) is 118 cm³/mol. The Morgan fingerprint density at radius 2 is 1.70 bits per heavy atom. The van der Waals surface area contributed by atoms with Gasteiger partial charge in [-0.3, -0.25) is 4.79 Å². The monoisotopic (exact) mass is 770 g/mol. The van der Waals surface area contributed by atoms with Crippen molar-refractivity contribution in [2.75, 3.05) is 20.2 Å². The van der Waals surface area contributed by atoms with Gasteiger partial charge in [-0.25, -0.2) is 9.59 Å². The minimum Gasteiger partial charge on any atom is -0.481 e. The smallest absolute Gasteiger partial charge is 0.326 e. The fourth-order valence-electron chi connectivity index (χ4n) is 2.03. The first-order valence-electron chi connectivity index (χ1n) is 9.87. The van der Waals surface area contributed by atoms with Crippen LogP contribution < -0.4 is 19.5 Å². The number of amides is 3. The molecule has 0 heterocycles. The Bertz CT molecular complexity index is 735. The summed E-state index contributed by atoms with van der Waals surface area (Å²) < 4.78 is 1.46. The Kier molecular flexibility index (Phi) is 22.3. The zero-order valence-corrected chi connectivity index (χ0v) is 24.3. The van der Waals surface area contributed by atoms with E-state index in [1.54, 1.807) is 0 Å². The van der Waals surface area contributed by atoms with E-state index in [1.165, 1.54) is 3.58 Å². The molecule has 6 N–H and O–H groups in total. The van der Waals surface area contributed by atoms with E-state index < -0.39 is 24.0 Å². The first-order valence-corrected chi connectivity index (χ1v) is 22.2. The quantitative estimate of drug-likeness (QED) is 0.0929. The standard InChI is InChI=1S/C11H14NO.C8H12N2O6.CH4O.At.Sn/c1-2-3-9-12-11(13)10-7-5-4-6-8-10;11-4-3-9-8(16)10-5(7(14)15)1-2-6(12)13;1-2;;/h5-8H,2-3,9H2,1H3,(H,12,13);4-5H,1-3H2,(H,12,13)(H,14,15)(H2,9,10,16);2H,1H3;;/q;;;-1;+1. The molecule has 0 aliphatic carbocycles. The Morgan fingerprint density at radius 1 is 1.09 bits per heavy atom. The topological polar surface area (TPSA) is 182 Å². The number of aldehydes is 1. The molecular formula is C20H30AtN3O8Sn. The Labute approximate surface area is 213 Å². The van der Waals surface area contributed by atoms with Crippen LogP contribution in [0.2, 0.25) is 0 Å². The SMILES string of the molecule is CCCCNC(=O)c1cc[c]([Sn][At])cc1.CO.O=CCNC(=O)NC(CCC(=O)O)C(=O)O. The van der Waals surface area contributed by atoms with Gasteiger partial charge in [0, 0.05) is 13.5 Å². The molecule has 2 radical (unpaired) electrons. The maximum absolute atomic E-state index is 11.6. The summed E-state index contributed by atoms with van der Waals surface area (Å²) in [5, 5.41) is 31.0. The van der Waals surface area contributed by atoms with E-state index >= 15 is 0 Å². The molecular weight excluding hydrogens is 739 g/mol. The summed E-state index contributed by atoms with van der Waals surface area (Å²) >= 11 is 1.61. The van der Waals surface area contributed by atoms with E-state index in [-0.39, 0.29) is 41.9 Å². The van der Waals surface area contributed by atoms with Crippen LogP contribution >= 0.6 is 0 Å². The molecule has 1 atom stereocenters. The summed E-state index contributed by atoms with van der Waals surface area (Å²) in [5.74, 6) is -2.43. The van der Waals surface area contributed by atoms with Crippen LogP contribution in [0.25, 0.3) is 0 Å². The van der Waals surface area contributed by atoms with E-state index in [1.807, 2.05) is 38.0 Å². The van der Waals surface area contributed by atoms with E-state index in [0.29, 0.717) is 6.29 Å². The number of rotatable bonds is 12. The molecule has 11 nitrogen and oxygen atoms in total. The number of nitrogens with one attached hydrogen (secondary N) is 3. The first kappa shape index (κ1) is 33.4. The third-order valence-electron chi connectivity index (χ3n) is 3.67. The molecule has 1 unspecified atom stereocenters. The maximum atomic E-state index is 11.6. The van der Waals surface area contributed by atoms with Crippen LogP contribution in [0.5, 0.6) is 0 Å². The average molecular weight is 769 g/mol. The molecule has 0 spiro atoms.